The van der Waals surface area contributed by atoms with Crippen molar-refractivity contribution in [2.24, 2.45) is 0 Å². The Hall–Kier alpha value is -3.27. The number of benzene rings is 2. The van der Waals surface area contributed by atoms with Crippen molar-refractivity contribution >= 4 is 23.7 Å². The molecule has 10 heteroatoms. The summed E-state index contributed by atoms with van der Waals surface area (Å²) < 4.78 is 49.6. The molecule has 0 atom stereocenters. The first-order chi connectivity index (χ1) is 16.6. The zero-order valence-electron chi connectivity index (χ0n) is 20.6. The molecule has 0 fully saturated rings. The molecule has 0 amide bonds. The summed E-state index contributed by atoms with van der Waals surface area (Å²) >= 11 is 1.33. The Kier molecular flexibility index (Phi) is 7.88. The van der Waals surface area contributed by atoms with Gasteiger partial charge in [-0.25, -0.2) is 9.48 Å². The fourth-order valence-electron chi connectivity index (χ4n) is 3.01. The summed E-state index contributed by atoms with van der Waals surface area (Å²) in [4.78, 5) is 25.7. The molecule has 6 nitrogen and oxygen atoms in total. The highest BCUT2D eigenvalue weighted by molar-refractivity contribution is 8.01. The predicted molar refractivity (Wildman–Crippen MR) is 130 cm³/mol. The molecule has 3 rings (SSSR count). The second-order valence-electron chi connectivity index (χ2n) is 9.55. The van der Waals surface area contributed by atoms with E-state index >= 15 is 0 Å². The lowest BCUT2D eigenvalue weighted by Crippen LogP contribution is -2.36. The number of ether oxygens (including phenoxy) is 2. The normalized spacial score (nSPS) is 12.3. The van der Waals surface area contributed by atoms with Gasteiger partial charge in [-0.1, -0.05) is 0 Å². The van der Waals surface area contributed by atoms with Crippen LogP contribution in [0.3, 0.4) is 0 Å². The van der Waals surface area contributed by atoms with Gasteiger partial charge in [0.1, 0.15) is 17.0 Å². The summed E-state index contributed by atoms with van der Waals surface area (Å²) in [7, 11) is 0. The average Bonchev–Trinajstić information content (AvgIpc) is 3.25. The van der Waals surface area contributed by atoms with Crippen molar-refractivity contribution in [3.05, 3.63) is 77.6 Å². The van der Waals surface area contributed by atoms with Gasteiger partial charge in [-0.15, -0.1) is 11.8 Å². The topological polar surface area (TPSA) is 70.4 Å². The summed E-state index contributed by atoms with van der Waals surface area (Å²) in [6.07, 6.45) is -1.36. The van der Waals surface area contributed by atoms with E-state index in [4.69, 9.17) is 9.47 Å². The molecule has 192 valence electrons. The van der Waals surface area contributed by atoms with Gasteiger partial charge >= 0.3 is 18.1 Å². The van der Waals surface area contributed by atoms with Gasteiger partial charge in [0.2, 0.25) is 0 Å². The standard InChI is InChI=1S/C26H27F3N2O4S/c1-24(2,3)35-23(33)25(4,5)36-21-12-6-18(7-13-21)22(32)34-16-17-14-30-31(15-17)20-10-8-19(9-11-20)26(27,28)29/h6-15H,16H2,1-5H3. The maximum atomic E-state index is 12.7. The van der Waals surface area contributed by atoms with Gasteiger partial charge in [0.05, 0.1) is 23.0 Å². The number of rotatable bonds is 7. The second-order valence-corrected chi connectivity index (χ2v) is 11.2. The summed E-state index contributed by atoms with van der Waals surface area (Å²) in [5.41, 5.74) is 0.0315. The van der Waals surface area contributed by atoms with Crippen LogP contribution in [0.25, 0.3) is 5.69 Å². The van der Waals surface area contributed by atoms with Crippen LogP contribution in [-0.2, 0) is 27.1 Å². The van der Waals surface area contributed by atoms with Gasteiger partial charge in [0.25, 0.3) is 0 Å². The number of carbonyl (C=O) groups is 2. The Labute approximate surface area is 211 Å². The molecular weight excluding hydrogens is 493 g/mol. The maximum Gasteiger partial charge on any atom is 0.416 e. The van der Waals surface area contributed by atoms with Crippen molar-refractivity contribution in [3.8, 4) is 5.69 Å². The van der Waals surface area contributed by atoms with Crippen LogP contribution in [-0.4, -0.2) is 32.1 Å². The van der Waals surface area contributed by atoms with Crippen molar-refractivity contribution in [3.63, 3.8) is 0 Å². The van der Waals surface area contributed by atoms with E-state index in [-0.39, 0.29) is 12.6 Å². The fraction of sp³-hybridized carbons (Fsp3) is 0.346. The number of thioether (sulfide) groups is 1. The molecule has 1 heterocycles. The minimum atomic E-state index is -4.41. The van der Waals surface area contributed by atoms with Crippen molar-refractivity contribution in [2.75, 3.05) is 0 Å². The zero-order valence-corrected chi connectivity index (χ0v) is 21.4. The van der Waals surface area contributed by atoms with Crippen LogP contribution >= 0.6 is 11.8 Å². The van der Waals surface area contributed by atoms with E-state index in [1.165, 1.54) is 34.8 Å². The molecule has 0 saturated carbocycles. The first-order valence-electron chi connectivity index (χ1n) is 11.0. The molecule has 0 aliphatic heterocycles. The molecule has 36 heavy (non-hydrogen) atoms. The SMILES string of the molecule is CC(C)(C)OC(=O)C(C)(C)Sc1ccc(C(=O)OCc2cnn(-c3ccc(C(F)(F)F)cc3)c2)cc1. The van der Waals surface area contributed by atoms with Gasteiger partial charge < -0.3 is 9.47 Å². The lowest BCUT2D eigenvalue weighted by Gasteiger charge is -2.28. The maximum absolute atomic E-state index is 12.7. The van der Waals surface area contributed by atoms with Gasteiger partial charge in [-0.3, -0.25) is 4.79 Å². The van der Waals surface area contributed by atoms with Crippen LogP contribution in [0, 0.1) is 0 Å². The lowest BCUT2D eigenvalue weighted by molar-refractivity contribution is -0.156. The number of aromatic nitrogens is 2. The molecule has 0 radical (unpaired) electrons. The van der Waals surface area contributed by atoms with Crippen LogP contribution < -0.4 is 0 Å². The molecule has 0 bridgehead atoms. The quantitative estimate of drug-likeness (QED) is 0.263. The van der Waals surface area contributed by atoms with E-state index in [0.29, 0.717) is 16.8 Å². The molecule has 2 aromatic carbocycles. The molecule has 0 aliphatic rings. The first-order valence-corrected chi connectivity index (χ1v) is 11.9. The molecular formula is C26H27F3N2O4S. The summed E-state index contributed by atoms with van der Waals surface area (Å²) in [6, 6.07) is 11.3. The lowest BCUT2D eigenvalue weighted by atomic mass is 10.1. The number of hydrogen-bond donors (Lipinski definition) is 0. The highest BCUT2D eigenvalue weighted by Crippen LogP contribution is 2.35. The third-order valence-electron chi connectivity index (χ3n) is 4.82. The van der Waals surface area contributed by atoms with Gasteiger partial charge in [0.15, 0.2) is 0 Å². The van der Waals surface area contributed by atoms with Crippen molar-refractivity contribution < 1.29 is 32.2 Å². The predicted octanol–water partition coefficient (Wildman–Crippen LogP) is 6.46. The van der Waals surface area contributed by atoms with Crippen molar-refractivity contribution in [2.45, 2.75) is 62.6 Å². The van der Waals surface area contributed by atoms with Gasteiger partial charge in [0, 0.05) is 16.7 Å². The summed E-state index contributed by atoms with van der Waals surface area (Å²) in [5, 5.41) is 4.11. The van der Waals surface area contributed by atoms with E-state index in [1.54, 1.807) is 44.3 Å². The van der Waals surface area contributed by atoms with E-state index in [9.17, 15) is 22.8 Å². The molecule has 0 aliphatic carbocycles. The zero-order chi connectivity index (χ0) is 26.7. The Balaban J connectivity index is 1.57. The number of hydrogen-bond acceptors (Lipinski definition) is 6. The molecule has 0 unspecified atom stereocenters. The highest BCUT2D eigenvalue weighted by Gasteiger charge is 2.34. The first kappa shape index (κ1) is 27.3. The Morgan fingerprint density at radius 1 is 0.944 bits per heavy atom. The van der Waals surface area contributed by atoms with Gasteiger partial charge in [-0.2, -0.15) is 18.3 Å². The van der Waals surface area contributed by atoms with Crippen LogP contribution in [0.2, 0.25) is 0 Å². The molecule has 0 saturated heterocycles. The van der Waals surface area contributed by atoms with Crippen LogP contribution in [0.1, 0.15) is 56.1 Å². The Morgan fingerprint density at radius 2 is 1.56 bits per heavy atom. The number of alkyl halides is 3. The minimum absolute atomic E-state index is 0.0539. The van der Waals surface area contributed by atoms with Crippen molar-refractivity contribution in [1.82, 2.24) is 9.78 Å². The van der Waals surface area contributed by atoms with E-state index in [1.807, 2.05) is 20.8 Å². The molecule has 0 N–H and O–H groups in total. The van der Waals surface area contributed by atoms with E-state index in [2.05, 4.69) is 5.10 Å². The summed E-state index contributed by atoms with van der Waals surface area (Å²) in [6.45, 7) is 8.93. The highest BCUT2D eigenvalue weighted by atomic mass is 32.2. The molecule has 3 aromatic rings. The smallest absolute Gasteiger partial charge is 0.416 e. The summed E-state index contributed by atoms with van der Waals surface area (Å²) in [5.74, 6) is -0.874. The largest absolute Gasteiger partial charge is 0.459 e. The monoisotopic (exact) mass is 520 g/mol. The van der Waals surface area contributed by atoms with E-state index in [0.717, 1.165) is 17.0 Å². The average molecular weight is 521 g/mol. The molecule has 0 spiro atoms. The van der Waals surface area contributed by atoms with Gasteiger partial charge in [-0.05, 0) is 83.1 Å². The number of nitrogens with zero attached hydrogens (tertiary/aromatic N) is 2. The Bertz CT molecular complexity index is 1210. The number of halogens is 3. The minimum Gasteiger partial charge on any atom is -0.459 e. The molecule has 1 aromatic heterocycles. The second kappa shape index (κ2) is 10.4. The van der Waals surface area contributed by atoms with Crippen LogP contribution in [0.5, 0.6) is 0 Å². The van der Waals surface area contributed by atoms with Crippen LogP contribution in [0.15, 0.2) is 65.8 Å². The number of carbonyl (C=O) groups excluding carboxylic acids is 2. The Morgan fingerprint density at radius 3 is 2.11 bits per heavy atom. The fourth-order valence-corrected chi connectivity index (χ4v) is 3.99. The van der Waals surface area contributed by atoms with E-state index < -0.39 is 28.1 Å². The third-order valence-corrected chi connectivity index (χ3v) is 6.00. The third kappa shape index (κ3) is 7.36. The van der Waals surface area contributed by atoms with Crippen molar-refractivity contribution in [1.29, 1.82) is 0 Å². The van der Waals surface area contributed by atoms with Crippen LogP contribution in [0.4, 0.5) is 13.2 Å². The number of esters is 2.